The van der Waals surface area contributed by atoms with Gasteiger partial charge in [0.2, 0.25) is 0 Å². The summed E-state index contributed by atoms with van der Waals surface area (Å²) < 4.78 is 25.1. The Bertz CT molecular complexity index is 961. The molecule has 200 valence electrons. The Morgan fingerprint density at radius 2 is 1.71 bits per heavy atom. The van der Waals surface area contributed by atoms with E-state index in [0.29, 0.717) is 11.3 Å². The van der Waals surface area contributed by atoms with Crippen LogP contribution in [0.25, 0.3) is 0 Å². The van der Waals surface area contributed by atoms with E-state index >= 15 is 0 Å². The van der Waals surface area contributed by atoms with Crippen molar-refractivity contribution in [2.75, 3.05) is 12.4 Å². The van der Waals surface area contributed by atoms with Crippen molar-refractivity contribution in [2.45, 2.75) is 103 Å². The van der Waals surface area contributed by atoms with Crippen molar-refractivity contribution in [2.24, 2.45) is 22.1 Å². The third-order valence-electron chi connectivity index (χ3n) is 6.62. The molecule has 0 aliphatic carbocycles. The van der Waals surface area contributed by atoms with Crippen LogP contribution in [-0.2, 0) is 14.5 Å². The van der Waals surface area contributed by atoms with Crippen LogP contribution < -0.4 is 0 Å². The Kier molecular flexibility index (Phi) is 9.81. The Morgan fingerprint density at radius 1 is 1.14 bits per heavy atom. The molecule has 8 heteroatoms. The van der Waals surface area contributed by atoms with E-state index in [1.54, 1.807) is 4.90 Å². The fraction of sp³-hybridized carbons (Fsp3) is 0.741. The van der Waals surface area contributed by atoms with Gasteiger partial charge in [0.05, 0.1) is 46.3 Å². The van der Waals surface area contributed by atoms with Gasteiger partial charge in [0.15, 0.2) is 0 Å². The van der Waals surface area contributed by atoms with E-state index in [0.717, 1.165) is 5.56 Å². The second kappa shape index (κ2) is 11.6. The van der Waals surface area contributed by atoms with Crippen LogP contribution in [0, 0.1) is 24.7 Å². The standard InChI is InChI=1S/C27H46N2O5S/c1-17(2)14-23-25(31)20(6)24(29(23)26(32)34-27(7,8)9)16-35(33,28-22(15-30)18(3)4)21-12-10-19(5)11-13-21/h10-13,17-18,20,22-25,30-31H,14-16H2,1-9H3/t20-,22-,23-,24-,25-,35?/m0/s1. The first-order valence-electron chi connectivity index (χ1n) is 12.7. The largest absolute Gasteiger partial charge is 0.444 e. The summed E-state index contributed by atoms with van der Waals surface area (Å²) >= 11 is 0. The molecule has 1 heterocycles. The summed E-state index contributed by atoms with van der Waals surface area (Å²) in [5.41, 5.74) is 0.332. The van der Waals surface area contributed by atoms with Crippen molar-refractivity contribution in [3.63, 3.8) is 0 Å². The van der Waals surface area contributed by atoms with Crippen molar-refractivity contribution in [1.82, 2.24) is 4.90 Å². The van der Waals surface area contributed by atoms with Crippen LogP contribution in [0.4, 0.5) is 4.79 Å². The van der Waals surface area contributed by atoms with E-state index in [-0.39, 0.29) is 30.1 Å². The maximum atomic E-state index is 14.6. The summed E-state index contributed by atoms with van der Waals surface area (Å²) in [6.45, 7) is 17.1. The fourth-order valence-corrected chi connectivity index (χ4v) is 7.20. The van der Waals surface area contributed by atoms with Gasteiger partial charge in [0, 0.05) is 10.8 Å². The van der Waals surface area contributed by atoms with Gasteiger partial charge in [0.1, 0.15) is 5.60 Å². The van der Waals surface area contributed by atoms with E-state index in [4.69, 9.17) is 9.10 Å². The zero-order valence-corrected chi connectivity index (χ0v) is 23.7. The van der Waals surface area contributed by atoms with E-state index in [1.807, 2.05) is 72.7 Å². The van der Waals surface area contributed by atoms with Crippen molar-refractivity contribution >= 4 is 15.8 Å². The molecule has 35 heavy (non-hydrogen) atoms. The van der Waals surface area contributed by atoms with Gasteiger partial charge >= 0.3 is 6.09 Å². The molecule has 0 aromatic heterocycles. The highest BCUT2D eigenvalue weighted by Gasteiger charge is 2.50. The number of aryl methyl sites for hydroxylation is 1. The predicted octanol–water partition coefficient (Wildman–Crippen LogP) is 4.87. The zero-order chi connectivity index (χ0) is 26.7. The molecule has 1 aliphatic rings. The number of amides is 1. The molecule has 0 spiro atoms. The maximum Gasteiger partial charge on any atom is 0.410 e. The smallest absolute Gasteiger partial charge is 0.410 e. The molecule has 0 bridgehead atoms. The van der Waals surface area contributed by atoms with Gasteiger partial charge in [-0.2, -0.15) is 0 Å². The van der Waals surface area contributed by atoms with E-state index in [1.165, 1.54) is 0 Å². The first-order chi connectivity index (χ1) is 16.1. The van der Waals surface area contributed by atoms with Crippen molar-refractivity contribution in [1.29, 1.82) is 0 Å². The second-order valence-electron chi connectivity index (χ2n) is 11.7. The summed E-state index contributed by atoms with van der Waals surface area (Å²) in [6, 6.07) is 5.94. The van der Waals surface area contributed by atoms with E-state index < -0.39 is 45.7 Å². The molecule has 2 rings (SSSR count). The molecule has 1 aromatic rings. The number of hydrogen-bond acceptors (Lipinski definition) is 6. The fourth-order valence-electron chi connectivity index (χ4n) is 4.56. The van der Waals surface area contributed by atoms with Crippen molar-refractivity contribution < 1.29 is 24.0 Å². The Labute approximate surface area is 212 Å². The van der Waals surface area contributed by atoms with Gasteiger partial charge < -0.3 is 14.9 Å². The molecular weight excluding hydrogens is 464 g/mol. The van der Waals surface area contributed by atoms with Gasteiger partial charge in [-0.1, -0.05) is 52.3 Å². The lowest BCUT2D eigenvalue weighted by Crippen LogP contribution is -2.48. The molecule has 6 atom stereocenters. The molecule has 2 N–H and O–H groups in total. The highest BCUT2D eigenvalue weighted by Crippen LogP contribution is 2.37. The lowest BCUT2D eigenvalue weighted by Gasteiger charge is -2.34. The maximum absolute atomic E-state index is 14.6. The minimum Gasteiger partial charge on any atom is -0.444 e. The molecule has 1 saturated heterocycles. The van der Waals surface area contributed by atoms with Gasteiger partial charge in [-0.05, 0) is 58.1 Å². The molecule has 0 saturated carbocycles. The minimum atomic E-state index is -3.04. The number of benzene rings is 1. The Morgan fingerprint density at radius 3 is 2.17 bits per heavy atom. The number of carbonyl (C=O) groups is 1. The lowest BCUT2D eigenvalue weighted by molar-refractivity contribution is 0.00747. The van der Waals surface area contributed by atoms with E-state index in [9.17, 15) is 19.2 Å². The number of aliphatic hydroxyl groups is 2. The number of nitrogens with zero attached hydrogens (tertiary/aromatic N) is 2. The minimum absolute atomic E-state index is 0.00601. The first-order valence-corrected chi connectivity index (χ1v) is 14.4. The van der Waals surface area contributed by atoms with Crippen LogP contribution in [0.5, 0.6) is 0 Å². The highest BCUT2D eigenvalue weighted by atomic mass is 32.2. The molecule has 1 amide bonds. The van der Waals surface area contributed by atoms with Gasteiger partial charge in [-0.3, -0.25) is 4.90 Å². The lowest BCUT2D eigenvalue weighted by atomic mass is 9.94. The average molecular weight is 511 g/mol. The van der Waals surface area contributed by atoms with Crippen molar-refractivity contribution in [3.8, 4) is 0 Å². The predicted molar refractivity (Wildman–Crippen MR) is 141 cm³/mol. The van der Waals surface area contributed by atoms with Crippen LogP contribution in [0.3, 0.4) is 0 Å². The zero-order valence-electron chi connectivity index (χ0n) is 22.9. The molecule has 1 aromatic carbocycles. The van der Waals surface area contributed by atoms with Crippen molar-refractivity contribution in [3.05, 3.63) is 29.8 Å². The third-order valence-corrected chi connectivity index (χ3v) is 9.03. The Hall–Kier alpha value is -1.64. The molecular formula is C27H46N2O5S. The highest BCUT2D eigenvalue weighted by molar-refractivity contribution is 7.93. The van der Waals surface area contributed by atoms with Crippen LogP contribution in [0.1, 0.15) is 67.4 Å². The second-order valence-corrected chi connectivity index (χ2v) is 14.0. The topological polar surface area (TPSA) is 99.4 Å². The summed E-state index contributed by atoms with van der Waals surface area (Å²) in [6.07, 6.45) is -0.671. The number of aliphatic hydroxyl groups excluding tert-OH is 2. The SMILES string of the molecule is Cc1ccc(S(=O)(C[C@H]2[C@H](C)[C@H](O)[C@H](CC(C)C)N2C(=O)OC(C)(C)C)=N[C@@H](CO)C(C)C)cc1. The molecule has 7 nitrogen and oxygen atoms in total. The molecule has 1 unspecified atom stereocenters. The van der Waals surface area contributed by atoms with Crippen LogP contribution >= 0.6 is 0 Å². The average Bonchev–Trinajstić information content (AvgIpc) is 2.95. The monoisotopic (exact) mass is 510 g/mol. The van der Waals surface area contributed by atoms with Crippen LogP contribution in [0.2, 0.25) is 0 Å². The van der Waals surface area contributed by atoms with Gasteiger partial charge in [0.25, 0.3) is 0 Å². The molecule has 1 fully saturated rings. The number of carbonyl (C=O) groups excluding carboxylic acids is 1. The quantitative estimate of drug-likeness (QED) is 0.520. The number of rotatable bonds is 8. The number of hydrogen-bond donors (Lipinski definition) is 2. The summed E-state index contributed by atoms with van der Waals surface area (Å²) in [5.74, 6) is -0.0185. The van der Waals surface area contributed by atoms with Gasteiger partial charge in [-0.25, -0.2) is 13.4 Å². The Balaban J connectivity index is 2.63. The summed E-state index contributed by atoms with van der Waals surface area (Å²) in [5, 5.41) is 21.2. The molecule has 0 radical (unpaired) electrons. The molecule has 1 aliphatic heterocycles. The number of ether oxygens (including phenoxy) is 1. The number of likely N-dealkylation sites (tertiary alicyclic amines) is 1. The van der Waals surface area contributed by atoms with Crippen LogP contribution in [0.15, 0.2) is 33.5 Å². The first kappa shape index (κ1) is 29.6. The summed E-state index contributed by atoms with van der Waals surface area (Å²) in [7, 11) is -3.04. The summed E-state index contributed by atoms with van der Waals surface area (Å²) in [4.78, 5) is 15.6. The third kappa shape index (κ3) is 7.43. The van der Waals surface area contributed by atoms with Crippen LogP contribution in [-0.4, -0.2) is 67.6 Å². The van der Waals surface area contributed by atoms with E-state index in [2.05, 4.69) is 13.8 Å². The van der Waals surface area contributed by atoms with Gasteiger partial charge in [-0.15, -0.1) is 0 Å². The normalized spacial score (nSPS) is 25.6.